The number of benzene rings is 1. The van der Waals surface area contributed by atoms with Crippen LogP contribution in [0.15, 0.2) is 17.1 Å². The number of anilines is 2. The van der Waals surface area contributed by atoms with Crippen LogP contribution in [0.1, 0.15) is 42.6 Å². The third kappa shape index (κ3) is 3.25. The van der Waals surface area contributed by atoms with E-state index in [0.717, 1.165) is 19.3 Å². The van der Waals surface area contributed by atoms with Gasteiger partial charge in [-0.1, -0.05) is 0 Å². The minimum absolute atomic E-state index is 0.0320. The van der Waals surface area contributed by atoms with E-state index < -0.39 is 17.2 Å². The molecule has 29 heavy (non-hydrogen) atoms. The fourth-order valence-electron chi connectivity index (χ4n) is 4.35. The van der Waals surface area contributed by atoms with Gasteiger partial charge in [0.05, 0.1) is 22.3 Å². The molecule has 3 N–H and O–H groups in total. The van der Waals surface area contributed by atoms with Gasteiger partial charge in [-0.3, -0.25) is 4.79 Å². The van der Waals surface area contributed by atoms with E-state index in [0.29, 0.717) is 36.3 Å². The normalized spacial score (nSPS) is 20.6. The van der Waals surface area contributed by atoms with Crippen LogP contribution in [-0.4, -0.2) is 53.8 Å². The molecule has 0 unspecified atom stereocenters. The van der Waals surface area contributed by atoms with Crippen molar-refractivity contribution < 1.29 is 14.3 Å². The van der Waals surface area contributed by atoms with Crippen molar-refractivity contribution in [3.05, 3.63) is 33.9 Å². The van der Waals surface area contributed by atoms with Crippen molar-refractivity contribution >= 4 is 28.2 Å². The van der Waals surface area contributed by atoms with E-state index in [2.05, 4.69) is 11.8 Å². The van der Waals surface area contributed by atoms with E-state index in [1.54, 1.807) is 10.6 Å². The van der Waals surface area contributed by atoms with Gasteiger partial charge < -0.3 is 25.2 Å². The molecule has 1 saturated carbocycles. The molecule has 0 spiro atoms. The summed E-state index contributed by atoms with van der Waals surface area (Å²) in [5, 5.41) is 9.37. The zero-order valence-electron chi connectivity index (χ0n) is 17.0. The van der Waals surface area contributed by atoms with Crippen LogP contribution in [0.25, 0.3) is 10.9 Å². The van der Waals surface area contributed by atoms with Crippen molar-refractivity contribution in [2.24, 2.45) is 5.92 Å². The Labute approximate surface area is 168 Å². The van der Waals surface area contributed by atoms with E-state index in [9.17, 15) is 14.7 Å². The molecule has 1 aromatic heterocycles. The maximum absolute atomic E-state index is 15.3. The van der Waals surface area contributed by atoms with E-state index in [-0.39, 0.29) is 22.7 Å². The fourth-order valence-corrected chi connectivity index (χ4v) is 4.35. The van der Waals surface area contributed by atoms with Gasteiger partial charge in [-0.05, 0) is 52.3 Å². The first-order valence-electron chi connectivity index (χ1n) is 10.0. The van der Waals surface area contributed by atoms with Crippen molar-refractivity contribution in [3.63, 3.8) is 0 Å². The predicted octanol–water partition coefficient (Wildman–Crippen LogP) is 2.53. The molecule has 0 amide bonds. The SMILES string of the molecule is C[C@H]([C@@H]1CCN(c2cc3c(c(N)c2F)c(=O)c(C(=O)O)cn3C2CC2)C1)N(C)C. The summed E-state index contributed by atoms with van der Waals surface area (Å²) in [5.41, 5.74) is 5.62. The van der Waals surface area contributed by atoms with Crippen molar-refractivity contribution in [1.29, 1.82) is 0 Å². The van der Waals surface area contributed by atoms with E-state index in [4.69, 9.17) is 5.73 Å². The molecule has 2 aliphatic rings. The summed E-state index contributed by atoms with van der Waals surface area (Å²) in [6.45, 7) is 3.59. The summed E-state index contributed by atoms with van der Waals surface area (Å²) in [6, 6.07) is 2.16. The van der Waals surface area contributed by atoms with Crippen LogP contribution in [0.4, 0.5) is 15.8 Å². The molecule has 1 aliphatic carbocycles. The van der Waals surface area contributed by atoms with Crippen LogP contribution >= 0.6 is 0 Å². The molecular weight excluding hydrogens is 375 g/mol. The van der Waals surface area contributed by atoms with E-state index >= 15 is 4.39 Å². The number of nitrogen functional groups attached to an aromatic ring is 1. The highest BCUT2D eigenvalue weighted by molar-refractivity contribution is 5.99. The summed E-state index contributed by atoms with van der Waals surface area (Å²) >= 11 is 0. The predicted molar refractivity (Wildman–Crippen MR) is 111 cm³/mol. The van der Waals surface area contributed by atoms with Crippen LogP contribution in [0, 0.1) is 11.7 Å². The Bertz CT molecular complexity index is 1040. The summed E-state index contributed by atoms with van der Waals surface area (Å²) in [6.07, 6.45) is 4.13. The molecule has 2 atom stereocenters. The maximum Gasteiger partial charge on any atom is 0.341 e. The quantitative estimate of drug-likeness (QED) is 0.747. The van der Waals surface area contributed by atoms with Gasteiger partial charge in [0.15, 0.2) is 5.82 Å². The van der Waals surface area contributed by atoms with Gasteiger partial charge in [-0.15, -0.1) is 0 Å². The monoisotopic (exact) mass is 402 g/mol. The average molecular weight is 402 g/mol. The molecule has 1 aliphatic heterocycles. The molecular formula is C21H27FN4O3. The lowest BCUT2D eigenvalue weighted by Gasteiger charge is -2.27. The molecule has 1 saturated heterocycles. The maximum atomic E-state index is 15.3. The smallest absolute Gasteiger partial charge is 0.341 e. The number of nitrogens with two attached hydrogens (primary N) is 1. The van der Waals surface area contributed by atoms with Crippen molar-refractivity contribution in [3.8, 4) is 0 Å². The van der Waals surface area contributed by atoms with E-state index in [1.807, 2.05) is 19.0 Å². The van der Waals surface area contributed by atoms with Gasteiger partial charge in [-0.25, -0.2) is 9.18 Å². The van der Waals surface area contributed by atoms with Crippen molar-refractivity contribution in [1.82, 2.24) is 9.47 Å². The highest BCUT2D eigenvalue weighted by Crippen LogP contribution is 2.40. The molecule has 8 heteroatoms. The molecule has 2 aromatic rings. The largest absolute Gasteiger partial charge is 0.477 e. The lowest BCUT2D eigenvalue weighted by atomic mass is 10.00. The Kier molecular flexibility index (Phi) is 4.77. The molecule has 7 nitrogen and oxygen atoms in total. The van der Waals surface area contributed by atoms with Gasteiger partial charge in [0.1, 0.15) is 5.56 Å². The topological polar surface area (TPSA) is 91.8 Å². The molecule has 1 aromatic carbocycles. The summed E-state index contributed by atoms with van der Waals surface area (Å²) < 4.78 is 17.0. The lowest BCUT2D eigenvalue weighted by Crippen LogP contribution is -2.34. The lowest BCUT2D eigenvalue weighted by molar-refractivity contribution is 0.0695. The number of hydrogen-bond donors (Lipinski definition) is 2. The average Bonchev–Trinajstić information content (AvgIpc) is 3.39. The first-order chi connectivity index (χ1) is 13.7. The van der Waals surface area contributed by atoms with Crippen LogP contribution in [0.3, 0.4) is 0 Å². The second-order valence-electron chi connectivity index (χ2n) is 8.53. The summed E-state index contributed by atoms with van der Waals surface area (Å²) in [7, 11) is 4.08. The molecule has 2 fully saturated rings. The molecule has 0 bridgehead atoms. The number of carboxylic acid groups (broad SMARTS) is 1. The number of nitrogens with zero attached hydrogens (tertiary/aromatic N) is 3. The molecule has 2 heterocycles. The Balaban J connectivity index is 1.85. The molecule has 4 rings (SSSR count). The van der Waals surface area contributed by atoms with Gasteiger partial charge in [0.2, 0.25) is 5.43 Å². The number of carboxylic acids is 1. The Morgan fingerprint density at radius 3 is 2.62 bits per heavy atom. The van der Waals surface area contributed by atoms with Crippen molar-refractivity contribution in [2.45, 2.75) is 38.3 Å². The minimum Gasteiger partial charge on any atom is -0.477 e. The molecule has 156 valence electrons. The van der Waals surface area contributed by atoms with Crippen LogP contribution in [0.2, 0.25) is 0 Å². The second-order valence-corrected chi connectivity index (χ2v) is 8.53. The van der Waals surface area contributed by atoms with E-state index in [1.165, 1.54) is 6.20 Å². The van der Waals surface area contributed by atoms with Crippen LogP contribution < -0.4 is 16.1 Å². The number of hydrogen-bond acceptors (Lipinski definition) is 5. The number of fused-ring (bicyclic) bond motifs is 1. The molecule has 0 radical (unpaired) electrons. The Morgan fingerprint density at radius 1 is 1.34 bits per heavy atom. The van der Waals surface area contributed by atoms with Gasteiger partial charge in [0.25, 0.3) is 0 Å². The first kappa shape index (κ1) is 19.7. The van der Waals surface area contributed by atoms with Crippen LogP contribution in [-0.2, 0) is 0 Å². The standard InChI is InChI=1S/C21H27FN4O3/c1-11(24(2)3)12-6-7-25(9-12)16-8-15-17(19(23)18(16)22)20(27)14(21(28)29)10-26(15)13-4-5-13/h8,10-13H,4-7,9,23H2,1-3H3,(H,28,29)/t11-,12-/m1/s1. The first-order valence-corrected chi connectivity index (χ1v) is 10.0. The Morgan fingerprint density at radius 2 is 2.03 bits per heavy atom. The third-order valence-electron chi connectivity index (χ3n) is 6.51. The van der Waals surface area contributed by atoms with Gasteiger partial charge in [0, 0.05) is 31.4 Å². The summed E-state index contributed by atoms with van der Waals surface area (Å²) in [5.74, 6) is -1.56. The zero-order valence-corrected chi connectivity index (χ0v) is 17.0. The highest BCUT2D eigenvalue weighted by atomic mass is 19.1. The number of rotatable bonds is 5. The van der Waals surface area contributed by atoms with Crippen molar-refractivity contribution in [2.75, 3.05) is 37.8 Å². The summed E-state index contributed by atoms with van der Waals surface area (Å²) in [4.78, 5) is 28.4. The third-order valence-corrected chi connectivity index (χ3v) is 6.51. The second kappa shape index (κ2) is 7.02. The van der Waals surface area contributed by atoms with Crippen LogP contribution in [0.5, 0.6) is 0 Å². The van der Waals surface area contributed by atoms with Gasteiger partial charge >= 0.3 is 5.97 Å². The highest BCUT2D eigenvalue weighted by Gasteiger charge is 2.32. The number of pyridine rings is 1. The number of carbonyl (C=O) groups is 1. The fraction of sp³-hybridized carbons (Fsp3) is 0.524. The van der Waals surface area contributed by atoms with Gasteiger partial charge in [-0.2, -0.15) is 0 Å². The number of halogens is 1. The minimum atomic E-state index is -1.32. The number of aromatic carboxylic acids is 1. The Hall–Kier alpha value is -2.61. The zero-order chi connectivity index (χ0) is 21.0. The number of aromatic nitrogens is 1.